The van der Waals surface area contributed by atoms with Crippen LogP contribution in [0.3, 0.4) is 0 Å². The van der Waals surface area contributed by atoms with Gasteiger partial charge in [0.2, 0.25) is 0 Å². The summed E-state index contributed by atoms with van der Waals surface area (Å²) >= 11 is 5.67. The van der Waals surface area contributed by atoms with Crippen LogP contribution in [0.15, 0.2) is 47.6 Å². The number of amides is 1. The second-order valence-electron chi connectivity index (χ2n) is 4.51. The number of carbonyl (C=O) groups is 2. The summed E-state index contributed by atoms with van der Waals surface area (Å²) in [4.78, 5) is 33.1. The van der Waals surface area contributed by atoms with Gasteiger partial charge in [-0.1, -0.05) is 29.8 Å². The standard InChI is InChI=1S/C15H10ClN3O5/c16-12-6-5-9(7-13(12)19(23)24)14(20)18-17-8-10-3-1-2-4-11(10)15(21)22/h1-8H,(H,18,20)(H,21,22)/b17-8-. The van der Waals surface area contributed by atoms with E-state index in [9.17, 15) is 19.7 Å². The Morgan fingerprint density at radius 3 is 2.62 bits per heavy atom. The summed E-state index contributed by atoms with van der Waals surface area (Å²) in [5.74, 6) is -1.82. The van der Waals surface area contributed by atoms with Gasteiger partial charge in [0.1, 0.15) is 5.02 Å². The molecule has 9 heteroatoms. The van der Waals surface area contributed by atoms with Crippen molar-refractivity contribution >= 4 is 35.4 Å². The van der Waals surface area contributed by atoms with Crippen LogP contribution in [0.5, 0.6) is 0 Å². The maximum absolute atomic E-state index is 11.9. The Kier molecular flexibility index (Phi) is 5.23. The number of benzene rings is 2. The van der Waals surface area contributed by atoms with Crippen LogP contribution in [0.25, 0.3) is 0 Å². The lowest BCUT2D eigenvalue weighted by atomic mass is 10.1. The van der Waals surface area contributed by atoms with Crippen LogP contribution in [0.4, 0.5) is 5.69 Å². The second kappa shape index (κ2) is 7.34. The molecule has 0 saturated carbocycles. The first-order valence-electron chi connectivity index (χ1n) is 6.50. The van der Waals surface area contributed by atoms with Gasteiger partial charge in [-0.25, -0.2) is 10.2 Å². The number of hydrogen-bond acceptors (Lipinski definition) is 5. The van der Waals surface area contributed by atoms with E-state index in [0.717, 1.165) is 6.07 Å². The van der Waals surface area contributed by atoms with E-state index in [1.807, 2.05) is 0 Å². The van der Waals surface area contributed by atoms with Crippen LogP contribution in [0.1, 0.15) is 26.3 Å². The Hall–Kier alpha value is -3.26. The predicted molar refractivity (Wildman–Crippen MR) is 86.6 cm³/mol. The molecular weight excluding hydrogens is 338 g/mol. The molecule has 0 unspecified atom stereocenters. The third kappa shape index (κ3) is 3.93. The number of rotatable bonds is 5. The molecule has 122 valence electrons. The molecule has 0 aliphatic carbocycles. The van der Waals surface area contributed by atoms with Crippen molar-refractivity contribution in [3.8, 4) is 0 Å². The highest BCUT2D eigenvalue weighted by atomic mass is 35.5. The molecule has 0 aliphatic heterocycles. The number of hydrogen-bond donors (Lipinski definition) is 2. The smallest absolute Gasteiger partial charge is 0.336 e. The predicted octanol–water partition coefficient (Wildman–Crippen LogP) is 2.71. The average molecular weight is 348 g/mol. The fraction of sp³-hybridized carbons (Fsp3) is 0. The minimum atomic E-state index is -1.13. The quantitative estimate of drug-likeness (QED) is 0.489. The molecule has 2 aromatic rings. The first kappa shape index (κ1) is 17.1. The minimum Gasteiger partial charge on any atom is -0.478 e. The monoisotopic (exact) mass is 347 g/mol. The highest BCUT2D eigenvalue weighted by Gasteiger charge is 2.16. The van der Waals surface area contributed by atoms with E-state index in [1.54, 1.807) is 12.1 Å². The zero-order chi connectivity index (χ0) is 17.7. The number of hydrazone groups is 1. The van der Waals surface area contributed by atoms with Crippen LogP contribution in [-0.4, -0.2) is 28.1 Å². The average Bonchev–Trinajstić information content (AvgIpc) is 2.55. The van der Waals surface area contributed by atoms with Gasteiger partial charge in [-0.15, -0.1) is 0 Å². The number of nitro groups is 1. The Morgan fingerprint density at radius 1 is 1.25 bits per heavy atom. The summed E-state index contributed by atoms with van der Waals surface area (Å²) in [5.41, 5.74) is 2.09. The molecule has 2 N–H and O–H groups in total. The lowest BCUT2D eigenvalue weighted by molar-refractivity contribution is -0.384. The molecule has 0 bridgehead atoms. The number of aromatic carboxylic acids is 1. The van der Waals surface area contributed by atoms with Crippen molar-refractivity contribution < 1.29 is 19.6 Å². The molecule has 0 aromatic heterocycles. The zero-order valence-corrected chi connectivity index (χ0v) is 12.7. The first-order chi connectivity index (χ1) is 11.4. The summed E-state index contributed by atoms with van der Waals surface area (Å²) < 4.78 is 0. The van der Waals surface area contributed by atoms with Crippen molar-refractivity contribution in [2.24, 2.45) is 5.10 Å². The molecule has 0 atom stereocenters. The van der Waals surface area contributed by atoms with Gasteiger partial charge in [-0.3, -0.25) is 14.9 Å². The van der Waals surface area contributed by atoms with Gasteiger partial charge >= 0.3 is 5.97 Å². The van der Waals surface area contributed by atoms with Gasteiger partial charge < -0.3 is 5.11 Å². The van der Waals surface area contributed by atoms with Gasteiger partial charge in [0, 0.05) is 17.2 Å². The molecular formula is C15H10ClN3O5. The second-order valence-corrected chi connectivity index (χ2v) is 4.92. The molecule has 8 nitrogen and oxygen atoms in total. The number of carbonyl (C=O) groups excluding carboxylic acids is 1. The summed E-state index contributed by atoms with van der Waals surface area (Å²) in [6, 6.07) is 9.67. The van der Waals surface area contributed by atoms with E-state index < -0.39 is 22.5 Å². The summed E-state index contributed by atoms with van der Waals surface area (Å²) in [5, 5.41) is 23.4. The largest absolute Gasteiger partial charge is 0.478 e. The highest BCUT2D eigenvalue weighted by molar-refractivity contribution is 6.32. The molecule has 0 saturated heterocycles. The van der Waals surface area contributed by atoms with Crippen molar-refractivity contribution in [1.82, 2.24) is 5.43 Å². The van der Waals surface area contributed by atoms with E-state index in [-0.39, 0.29) is 16.1 Å². The van der Waals surface area contributed by atoms with Crippen molar-refractivity contribution in [3.05, 3.63) is 74.3 Å². The molecule has 0 radical (unpaired) electrons. The van der Waals surface area contributed by atoms with Gasteiger partial charge in [0.25, 0.3) is 11.6 Å². The van der Waals surface area contributed by atoms with E-state index in [4.69, 9.17) is 16.7 Å². The normalized spacial score (nSPS) is 10.5. The summed E-state index contributed by atoms with van der Waals surface area (Å²) in [6.07, 6.45) is 1.17. The molecule has 0 aliphatic rings. The maximum atomic E-state index is 11.9. The van der Waals surface area contributed by atoms with E-state index in [0.29, 0.717) is 5.56 Å². The SMILES string of the molecule is O=C(N/N=C\c1ccccc1C(=O)O)c1ccc(Cl)c([N+](=O)[O-])c1. The molecule has 24 heavy (non-hydrogen) atoms. The Bertz CT molecular complexity index is 851. The van der Waals surface area contributed by atoms with Crippen molar-refractivity contribution in [1.29, 1.82) is 0 Å². The topological polar surface area (TPSA) is 122 Å². The fourth-order valence-corrected chi connectivity index (χ4v) is 2.01. The van der Waals surface area contributed by atoms with Crippen LogP contribution < -0.4 is 5.43 Å². The zero-order valence-electron chi connectivity index (χ0n) is 12.0. The molecule has 2 aromatic carbocycles. The van der Waals surface area contributed by atoms with Gasteiger partial charge in [-0.2, -0.15) is 5.10 Å². The van der Waals surface area contributed by atoms with Gasteiger partial charge in [0.05, 0.1) is 16.7 Å². The molecule has 2 rings (SSSR count). The molecule has 0 spiro atoms. The third-order valence-corrected chi connectivity index (χ3v) is 3.29. The van der Waals surface area contributed by atoms with E-state index >= 15 is 0 Å². The van der Waals surface area contributed by atoms with Crippen LogP contribution in [0.2, 0.25) is 5.02 Å². The number of carboxylic acids is 1. The third-order valence-electron chi connectivity index (χ3n) is 2.97. The molecule has 0 fully saturated rings. The van der Waals surface area contributed by atoms with Crippen molar-refractivity contribution in [2.45, 2.75) is 0 Å². The summed E-state index contributed by atoms with van der Waals surface area (Å²) in [6.45, 7) is 0. The van der Waals surface area contributed by atoms with Gasteiger partial charge in [0.15, 0.2) is 0 Å². The first-order valence-corrected chi connectivity index (χ1v) is 6.87. The van der Waals surface area contributed by atoms with Crippen molar-refractivity contribution in [2.75, 3.05) is 0 Å². The Labute approximate surface area is 140 Å². The van der Waals surface area contributed by atoms with Crippen LogP contribution >= 0.6 is 11.6 Å². The number of nitrogens with one attached hydrogen (secondary N) is 1. The fourth-order valence-electron chi connectivity index (χ4n) is 1.82. The van der Waals surface area contributed by atoms with Crippen LogP contribution in [-0.2, 0) is 0 Å². The summed E-state index contributed by atoms with van der Waals surface area (Å²) in [7, 11) is 0. The van der Waals surface area contributed by atoms with E-state index in [2.05, 4.69) is 10.5 Å². The number of nitrogens with zero attached hydrogens (tertiary/aromatic N) is 2. The van der Waals surface area contributed by atoms with Crippen molar-refractivity contribution in [3.63, 3.8) is 0 Å². The highest BCUT2D eigenvalue weighted by Crippen LogP contribution is 2.24. The Morgan fingerprint density at radius 2 is 1.96 bits per heavy atom. The number of nitro benzene ring substituents is 1. The maximum Gasteiger partial charge on any atom is 0.336 e. The molecule has 0 heterocycles. The minimum absolute atomic E-state index is 0.00484. The Balaban J connectivity index is 2.15. The van der Waals surface area contributed by atoms with Gasteiger partial charge in [-0.05, 0) is 18.2 Å². The number of halogens is 1. The number of carboxylic acid groups (broad SMARTS) is 1. The van der Waals surface area contributed by atoms with E-state index in [1.165, 1.54) is 30.5 Å². The van der Waals surface area contributed by atoms with Crippen LogP contribution in [0, 0.1) is 10.1 Å². The lowest BCUT2D eigenvalue weighted by Gasteiger charge is -2.02. The lowest BCUT2D eigenvalue weighted by Crippen LogP contribution is -2.18. The molecule has 1 amide bonds.